The quantitative estimate of drug-likeness (QED) is 0.315. The van der Waals surface area contributed by atoms with E-state index >= 15 is 0 Å². The summed E-state index contributed by atoms with van der Waals surface area (Å²) in [5.41, 5.74) is 3.73. The van der Waals surface area contributed by atoms with E-state index in [2.05, 4.69) is 58.9 Å². The van der Waals surface area contributed by atoms with Crippen molar-refractivity contribution in [2.24, 2.45) is 4.99 Å². The molecule has 2 aromatic rings. The van der Waals surface area contributed by atoms with Gasteiger partial charge in [-0.05, 0) is 35.7 Å². The lowest BCUT2D eigenvalue weighted by Gasteiger charge is -2.26. The van der Waals surface area contributed by atoms with Crippen LogP contribution in [0.3, 0.4) is 0 Å². The molecule has 0 amide bonds. The molecule has 1 heterocycles. The number of hydrogen-bond donors (Lipinski definition) is 2. The van der Waals surface area contributed by atoms with Gasteiger partial charge in [0.15, 0.2) is 5.96 Å². The second-order valence-corrected chi connectivity index (χ2v) is 7.11. The van der Waals surface area contributed by atoms with Crippen molar-refractivity contribution in [2.75, 3.05) is 40.0 Å². The summed E-state index contributed by atoms with van der Waals surface area (Å²) in [6.07, 6.45) is 0. The van der Waals surface area contributed by atoms with Crippen molar-refractivity contribution in [1.29, 1.82) is 0 Å². The number of rotatable bonds is 8. The van der Waals surface area contributed by atoms with E-state index in [9.17, 15) is 0 Å². The monoisotopic (exact) mass is 524 g/mol. The van der Waals surface area contributed by atoms with Crippen LogP contribution in [0.2, 0.25) is 0 Å². The van der Waals surface area contributed by atoms with Crippen molar-refractivity contribution in [1.82, 2.24) is 15.5 Å². The number of hydrogen-bond acceptors (Lipinski definition) is 4. The highest BCUT2D eigenvalue weighted by Gasteiger charge is 2.10. The molecule has 1 aliphatic rings. The number of morpholine rings is 1. The number of nitrogens with one attached hydrogen (secondary N) is 2. The fourth-order valence-electron chi connectivity index (χ4n) is 3.29. The maximum atomic E-state index is 5.44. The van der Waals surface area contributed by atoms with E-state index in [4.69, 9.17) is 14.5 Å². The van der Waals surface area contributed by atoms with Crippen molar-refractivity contribution in [3.63, 3.8) is 0 Å². The van der Waals surface area contributed by atoms with Crippen molar-refractivity contribution in [2.45, 2.75) is 26.6 Å². The van der Waals surface area contributed by atoms with E-state index in [1.165, 1.54) is 16.7 Å². The fraction of sp³-hybridized carbons (Fsp3) is 0.435. The van der Waals surface area contributed by atoms with E-state index in [0.29, 0.717) is 13.1 Å². The Morgan fingerprint density at radius 3 is 2.47 bits per heavy atom. The molecule has 0 radical (unpaired) electrons. The van der Waals surface area contributed by atoms with Gasteiger partial charge in [-0.25, -0.2) is 4.99 Å². The standard InChI is InChI=1S/C23H32N4O2.HI/c1-3-24-23(25-16-19-7-9-22(28-2)10-8-19)26-17-20-5-4-6-21(15-20)18-27-11-13-29-14-12-27;/h4-10,15H,3,11-14,16-18H2,1-2H3,(H2,24,25,26);1H. The third-order valence-corrected chi connectivity index (χ3v) is 4.88. The van der Waals surface area contributed by atoms with Crippen LogP contribution in [0.25, 0.3) is 0 Å². The molecule has 30 heavy (non-hydrogen) atoms. The average molecular weight is 524 g/mol. The highest BCUT2D eigenvalue weighted by atomic mass is 127. The van der Waals surface area contributed by atoms with Crippen LogP contribution >= 0.6 is 24.0 Å². The number of guanidine groups is 1. The third-order valence-electron chi connectivity index (χ3n) is 4.88. The van der Waals surface area contributed by atoms with Gasteiger partial charge < -0.3 is 20.1 Å². The molecular weight excluding hydrogens is 491 g/mol. The zero-order chi connectivity index (χ0) is 20.3. The van der Waals surface area contributed by atoms with E-state index in [1.807, 2.05) is 12.1 Å². The third kappa shape index (κ3) is 8.12. The summed E-state index contributed by atoms with van der Waals surface area (Å²) >= 11 is 0. The average Bonchev–Trinajstić information content (AvgIpc) is 2.77. The fourth-order valence-corrected chi connectivity index (χ4v) is 3.29. The van der Waals surface area contributed by atoms with Gasteiger partial charge in [0.05, 0.1) is 26.9 Å². The number of benzene rings is 2. The van der Waals surface area contributed by atoms with Gasteiger partial charge >= 0.3 is 0 Å². The molecule has 0 bridgehead atoms. The van der Waals surface area contributed by atoms with E-state index < -0.39 is 0 Å². The van der Waals surface area contributed by atoms with Crippen LogP contribution in [0, 0.1) is 0 Å². The molecule has 3 rings (SSSR count). The molecule has 0 aliphatic carbocycles. The van der Waals surface area contributed by atoms with Gasteiger partial charge in [0.2, 0.25) is 0 Å². The lowest BCUT2D eigenvalue weighted by molar-refractivity contribution is 0.0342. The highest BCUT2D eigenvalue weighted by Crippen LogP contribution is 2.12. The summed E-state index contributed by atoms with van der Waals surface area (Å²) in [5.74, 6) is 1.69. The van der Waals surface area contributed by atoms with Crippen LogP contribution in [-0.4, -0.2) is 50.8 Å². The molecule has 1 saturated heterocycles. The van der Waals surface area contributed by atoms with Crippen LogP contribution in [0.5, 0.6) is 5.75 Å². The Labute approximate surface area is 197 Å². The summed E-state index contributed by atoms with van der Waals surface area (Å²) in [5, 5.41) is 6.72. The second-order valence-electron chi connectivity index (χ2n) is 7.11. The molecular formula is C23H33IN4O2. The lowest BCUT2D eigenvalue weighted by atomic mass is 10.1. The minimum atomic E-state index is 0. The number of nitrogens with zero attached hydrogens (tertiary/aromatic N) is 2. The molecule has 164 valence electrons. The first-order valence-electron chi connectivity index (χ1n) is 10.3. The molecule has 2 aromatic carbocycles. The van der Waals surface area contributed by atoms with Gasteiger partial charge in [0.25, 0.3) is 0 Å². The topological polar surface area (TPSA) is 58.1 Å². The van der Waals surface area contributed by atoms with Gasteiger partial charge in [-0.15, -0.1) is 24.0 Å². The Balaban J connectivity index is 0.00000320. The van der Waals surface area contributed by atoms with Crippen molar-refractivity contribution in [3.8, 4) is 5.75 Å². The molecule has 1 aliphatic heterocycles. The largest absolute Gasteiger partial charge is 0.497 e. The van der Waals surface area contributed by atoms with Gasteiger partial charge in [-0.3, -0.25) is 4.90 Å². The summed E-state index contributed by atoms with van der Waals surface area (Å²) in [7, 11) is 1.68. The molecule has 0 unspecified atom stereocenters. The molecule has 0 spiro atoms. The Morgan fingerprint density at radius 1 is 1.03 bits per heavy atom. The van der Waals surface area contributed by atoms with Gasteiger partial charge in [0, 0.05) is 32.7 Å². The number of halogens is 1. The molecule has 6 nitrogen and oxygen atoms in total. The van der Waals surface area contributed by atoms with Gasteiger partial charge in [-0.2, -0.15) is 0 Å². The van der Waals surface area contributed by atoms with Crippen LogP contribution in [0.15, 0.2) is 53.5 Å². The smallest absolute Gasteiger partial charge is 0.191 e. The molecule has 2 N–H and O–H groups in total. The minimum Gasteiger partial charge on any atom is -0.497 e. The van der Waals surface area contributed by atoms with Crippen LogP contribution in [0.1, 0.15) is 23.6 Å². The number of aliphatic imine (C=N–C) groups is 1. The second kappa shape index (κ2) is 13.5. The zero-order valence-corrected chi connectivity index (χ0v) is 20.2. The highest BCUT2D eigenvalue weighted by molar-refractivity contribution is 14.0. The van der Waals surface area contributed by atoms with Crippen molar-refractivity contribution < 1.29 is 9.47 Å². The predicted molar refractivity (Wildman–Crippen MR) is 133 cm³/mol. The van der Waals surface area contributed by atoms with Gasteiger partial charge in [0.1, 0.15) is 5.75 Å². The summed E-state index contributed by atoms with van der Waals surface area (Å²) in [6.45, 7) is 8.90. The Kier molecular flexibility index (Phi) is 11.0. The molecule has 1 fully saturated rings. The van der Waals surface area contributed by atoms with Crippen LogP contribution in [0.4, 0.5) is 0 Å². The van der Waals surface area contributed by atoms with E-state index in [1.54, 1.807) is 7.11 Å². The number of ether oxygens (including phenoxy) is 2. The first-order chi connectivity index (χ1) is 14.3. The Morgan fingerprint density at radius 2 is 1.77 bits per heavy atom. The number of methoxy groups -OCH3 is 1. The lowest BCUT2D eigenvalue weighted by Crippen LogP contribution is -2.36. The van der Waals surface area contributed by atoms with Gasteiger partial charge in [-0.1, -0.05) is 36.4 Å². The first-order valence-corrected chi connectivity index (χ1v) is 10.3. The molecule has 0 atom stereocenters. The predicted octanol–water partition coefficient (Wildman–Crippen LogP) is 3.40. The normalized spacial score (nSPS) is 14.7. The first kappa shape index (κ1) is 24.4. The van der Waals surface area contributed by atoms with Crippen LogP contribution in [-0.2, 0) is 24.4 Å². The zero-order valence-electron chi connectivity index (χ0n) is 17.9. The summed E-state index contributed by atoms with van der Waals surface area (Å²) in [4.78, 5) is 7.19. The van der Waals surface area contributed by atoms with Crippen LogP contribution < -0.4 is 15.4 Å². The Hall–Kier alpha value is -1.84. The Bertz CT molecular complexity index is 777. The maximum Gasteiger partial charge on any atom is 0.191 e. The SMILES string of the molecule is CCNC(=NCc1cccc(CN2CCOCC2)c1)NCc1ccc(OC)cc1.I. The minimum absolute atomic E-state index is 0. The van der Waals surface area contributed by atoms with Crippen molar-refractivity contribution >= 4 is 29.9 Å². The van der Waals surface area contributed by atoms with Crippen molar-refractivity contribution in [3.05, 3.63) is 65.2 Å². The van der Waals surface area contributed by atoms with E-state index in [-0.39, 0.29) is 24.0 Å². The summed E-state index contributed by atoms with van der Waals surface area (Å²) < 4.78 is 10.6. The van der Waals surface area contributed by atoms with E-state index in [0.717, 1.165) is 51.1 Å². The molecule has 7 heteroatoms. The summed E-state index contributed by atoms with van der Waals surface area (Å²) in [6, 6.07) is 16.8. The maximum absolute atomic E-state index is 5.44. The molecule has 0 saturated carbocycles. The molecule has 0 aromatic heterocycles.